The van der Waals surface area contributed by atoms with E-state index in [1.54, 1.807) is 0 Å². The smallest absolute Gasteiger partial charge is 0.0803 e. The number of aliphatic hydroxyl groups excluding tert-OH is 1. The van der Waals surface area contributed by atoms with Gasteiger partial charge in [0.05, 0.1) is 6.10 Å². The molecule has 2 heteroatoms. The van der Waals surface area contributed by atoms with Crippen molar-refractivity contribution in [3.05, 3.63) is 33.8 Å². The SMILES string of the molecule is Cc1ccc(Br)c(C(O)CC2CC3CCC2C3)c1. The molecule has 0 aromatic heterocycles. The van der Waals surface area contributed by atoms with Crippen molar-refractivity contribution in [2.75, 3.05) is 0 Å². The third-order valence-corrected chi connectivity index (χ3v) is 5.64. The highest BCUT2D eigenvalue weighted by molar-refractivity contribution is 9.10. The molecule has 0 amide bonds. The molecule has 3 rings (SSSR count). The number of fused-ring (bicyclic) bond motifs is 2. The van der Waals surface area contributed by atoms with Crippen LogP contribution in [0.2, 0.25) is 0 Å². The van der Waals surface area contributed by atoms with Gasteiger partial charge in [0.25, 0.3) is 0 Å². The van der Waals surface area contributed by atoms with Gasteiger partial charge in [-0.25, -0.2) is 0 Å². The lowest BCUT2D eigenvalue weighted by Crippen LogP contribution is -2.14. The van der Waals surface area contributed by atoms with Crippen molar-refractivity contribution in [3.63, 3.8) is 0 Å². The van der Waals surface area contributed by atoms with Crippen molar-refractivity contribution in [2.24, 2.45) is 17.8 Å². The zero-order valence-electron chi connectivity index (χ0n) is 10.9. The Balaban J connectivity index is 1.71. The molecule has 4 atom stereocenters. The number of benzene rings is 1. The molecule has 1 aromatic rings. The number of aryl methyl sites for hydroxylation is 1. The molecule has 2 aliphatic carbocycles. The van der Waals surface area contributed by atoms with Crippen LogP contribution in [0, 0.1) is 24.7 Å². The summed E-state index contributed by atoms with van der Waals surface area (Å²) in [5, 5.41) is 10.5. The second-order valence-corrected chi connectivity index (χ2v) is 7.07. The van der Waals surface area contributed by atoms with Crippen molar-refractivity contribution >= 4 is 15.9 Å². The summed E-state index contributed by atoms with van der Waals surface area (Å²) in [6.45, 7) is 2.08. The summed E-state index contributed by atoms with van der Waals surface area (Å²) in [5.74, 6) is 2.62. The molecule has 0 heterocycles. The second-order valence-electron chi connectivity index (χ2n) is 6.21. The monoisotopic (exact) mass is 308 g/mol. The third-order valence-electron chi connectivity index (χ3n) is 4.92. The first-order chi connectivity index (χ1) is 8.63. The molecule has 2 bridgehead atoms. The van der Waals surface area contributed by atoms with Crippen LogP contribution in [0.25, 0.3) is 0 Å². The predicted octanol–water partition coefficient (Wildman–Crippen LogP) is 4.62. The minimum absolute atomic E-state index is 0.302. The van der Waals surface area contributed by atoms with Gasteiger partial charge in [-0.2, -0.15) is 0 Å². The molecule has 4 unspecified atom stereocenters. The molecule has 98 valence electrons. The summed E-state index contributed by atoms with van der Waals surface area (Å²) in [7, 11) is 0. The van der Waals surface area contributed by atoms with Gasteiger partial charge in [-0.3, -0.25) is 0 Å². The van der Waals surface area contributed by atoms with Crippen LogP contribution in [0.4, 0.5) is 0 Å². The van der Waals surface area contributed by atoms with E-state index in [4.69, 9.17) is 0 Å². The molecule has 0 aliphatic heterocycles. The van der Waals surface area contributed by atoms with Crippen LogP contribution in [0.15, 0.2) is 22.7 Å². The third kappa shape index (κ3) is 2.37. The molecule has 2 saturated carbocycles. The number of aliphatic hydroxyl groups is 1. The van der Waals surface area contributed by atoms with Crippen LogP contribution in [-0.2, 0) is 0 Å². The average molecular weight is 309 g/mol. The van der Waals surface area contributed by atoms with Crippen molar-refractivity contribution in [3.8, 4) is 0 Å². The number of hydrogen-bond donors (Lipinski definition) is 1. The maximum absolute atomic E-state index is 10.5. The largest absolute Gasteiger partial charge is 0.388 e. The van der Waals surface area contributed by atoms with Crippen LogP contribution in [0.5, 0.6) is 0 Å². The van der Waals surface area contributed by atoms with Crippen LogP contribution in [0.3, 0.4) is 0 Å². The molecular formula is C16H21BrO. The second kappa shape index (κ2) is 4.97. The summed E-state index contributed by atoms with van der Waals surface area (Å²) in [4.78, 5) is 0. The number of halogens is 1. The number of hydrogen-bond acceptors (Lipinski definition) is 1. The van der Waals surface area contributed by atoms with Crippen molar-refractivity contribution in [1.82, 2.24) is 0 Å². The lowest BCUT2D eigenvalue weighted by Gasteiger charge is -2.25. The van der Waals surface area contributed by atoms with E-state index in [-0.39, 0.29) is 6.10 Å². The molecule has 0 saturated heterocycles. The highest BCUT2D eigenvalue weighted by Gasteiger charge is 2.40. The lowest BCUT2D eigenvalue weighted by molar-refractivity contribution is 0.125. The Morgan fingerprint density at radius 2 is 2.17 bits per heavy atom. The molecular weight excluding hydrogens is 288 g/mol. The van der Waals surface area contributed by atoms with Crippen LogP contribution >= 0.6 is 15.9 Å². The van der Waals surface area contributed by atoms with Gasteiger partial charge in [0, 0.05) is 4.47 Å². The Hall–Kier alpha value is -0.340. The predicted molar refractivity (Wildman–Crippen MR) is 77.4 cm³/mol. The molecule has 0 spiro atoms. The lowest BCUT2D eigenvalue weighted by atomic mass is 9.83. The van der Waals surface area contributed by atoms with E-state index in [0.717, 1.165) is 34.2 Å². The van der Waals surface area contributed by atoms with Gasteiger partial charge in [0.1, 0.15) is 0 Å². The maximum Gasteiger partial charge on any atom is 0.0803 e. The fraction of sp³-hybridized carbons (Fsp3) is 0.625. The molecule has 1 nitrogen and oxygen atoms in total. The summed E-state index contributed by atoms with van der Waals surface area (Å²) < 4.78 is 1.05. The Kier molecular flexibility index (Phi) is 3.50. The van der Waals surface area contributed by atoms with Gasteiger partial charge < -0.3 is 5.11 Å². The van der Waals surface area contributed by atoms with Crippen molar-refractivity contribution in [1.29, 1.82) is 0 Å². The van der Waals surface area contributed by atoms with E-state index in [2.05, 4.69) is 41.1 Å². The maximum atomic E-state index is 10.5. The number of rotatable bonds is 3. The van der Waals surface area contributed by atoms with E-state index < -0.39 is 0 Å². The van der Waals surface area contributed by atoms with E-state index in [9.17, 15) is 5.11 Å². The molecule has 18 heavy (non-hydrogen) atoms. The Morgan fingerprint density at radius 3 is 2.83 bits per heavy atom. The molecule has 1 aromatic carbocycles. The summed E-state index contributed by atoms with van der Waals surface area (Å²) in [6, 6.07) is 6.24. The minimum atomic E-state index is -0.302. The molecule has 0 radical (unpaired) electrons. The summed E-state index contributed by atoms with van der Waals surface area (Å²) in [5.41, 5.74) is 2.29. The van der Waals surface area contributed by atoms with Crippen LogP contribution < -0.4 is 0 Å². The standard InChI is InChI=1S/C16H21BrO/c1-10-2-5-15(17)14(6-10)16(18)9-13-8-11-3-4-12(13)7-11/h2,5-6,11-13,16,18H,3-4,7-9H2,1H3. The quantitative estimate of drug-likeness (QED) is 0.864. The zero-order valence-corrected chi connectivity index (χ0v) is 12.5. The van der Waals surface area contributed by atoms with Crippen LogP contribution in [-0.4, -0.2) is 5.11 Å². The molecule has 2 aliphatic rings. The average Bonchev–Trinajstić information content (AvgIpc) is 2.94. The molecule has 2 fully saturated rings. The molecule has 1 N–H and O–H groups in total. The van der Waals surface area contributed by atoms with E-state index in [1.165, 1.54) is 31.2 Å². The first-order valence-electron chi connectivity index (χ1n) is 7.07. The summed E-state index contributed by atoms with van der Waals surface area (Å²) >= 11 is 3.56. The van der Waals surface area contributed by atoms with E-state index in [1.807, 2.05) is 0 Å². The zero-order chi connectivity index (χ0) is 12.7. The highest BCUT2D eigenvalue weighted by atomic mass is 79.9. The fourth-order valence-corrected chi connectivity index (χ4v) is 4.51. The van der Waals surface area contributed by atoms with E-state index in [0.29, 0.717) is 0 Å². The minimum Gasteiger partial charge on any atom is -0.388 e. The van der Waals surface area contributed by atoms with Gasteiger partial charge in [-0.1, -0.05) is 40.0 Å². The van der Waals surface area contributed by atoms with Gasteiger partial charge >= 0.3 is 0 Å². The first-order valence-corrected chi connectivity index (χ1v) is 7.87. The topological polar surface area (TPSA) is 20.2 Å². The fourth-order valence-electron chi connectivity index (χ4n) is 4.00. The van der Waals surface area contributed by atoms with Crippen LogP contribution in [0.1, 0.15) is 49.3 Å². The van der Waals surface area contributed by atoms with Crippen molar-refractivity contribution in [2.45, 2.75) is 45.1 Å². The van der Waals surface area contributed by atoms with Gasteiger partial charge in [0.15, 0.2) is 0 Å². The first kappa shape index (κ1) is 12.7. The van der Waals surface area contributed by atoms with Gasteiger partial charge in [-0.05, 0) is 62.0 Å². The van der Waals surface area contributed by atoms with Gasteiger partial charge in [-0.15, -0.1) is 0 Å². The Bertz CT molecular complexity index is 443. The van der Waals surface area contributed by atoms with Crippen molar-refractivity contribution < 1.29 is 5.11 Å². The Labute approximate surface area is 118 Å². The van der Waals surface area contributed by atoms with E-state index >= 15 is 0 Å². The Morgan fingerprint density at radius 1 is 1.33 bits per heavy atom. The van der Waals surface area contributed by atoms with Gasteiger partial charge in [0.2, 0.25) is 0 Å². The normalized spacial score (nSPS) is 31.8. The highest BCUT2D eigenvalue weighted by Crippen LogP contribution is 2.51. The summed E-state index contributed by atoms with van der Waals surface area (Å²) in [6.07, 6.45) is 6.26.